The van der Waals surface area contributed by atoms with Crippen molar-refractivity contribution in [3.05, 3.63) is 58.1 Å². The maximum absolute atomic E-state index is 12.4. The molecular formula is C22H25N3O7. The number of rotatable bonds is 8. The van der Waals surface area contributed by atoms with Crippen LogP contribution in [-0.2, 0) is 20.8 Å². The van der Waals surface area contributed by atoms with Gasteiger partial charge in [0.2, 0.25) is 0 Å². The van der Waals surface area contributed by atoms with Gasteiger partial charge < -0.3 is 24.4 Å². The Labute approximate surface area is 184 Å². The predicted octanol–water partition coefficient (Wildman–Crippen LogP) is 1.02. The number of hydrogen-bond acceptors (Lipinski definition) is 8. The quantitative estimate of drug-likeness (QED) is 0.407. The molecule has 1 aromatic carbocycles. The van der Waals surface area contributed by atoms with Crippen LogP contribution in [0.5, 0.6) is 0 Å². The van der Waals surface area contributed by atoms with Gasteiger partial charge in [-0.05, 0) is 12.5 Å². The zero-order valence-corrected chi connectivity index (χ0v) is 17.5. The Bertz CT molecular complexity index is 1020. The number of ether oxygens (including phenoxy) is 3. The van der Waals surface area contributed by atoms with Gasteiger partial charge in [0.1, 0.15) is 12.2 Å². The van der Waals surface area contributed by atoms with Gasteiger partial charge in [0.25, 0.3) is 0 Å². The highest BCUT2D eigenvalue weighted by atomic mass is 16.6. The van der Waals surface area contributed by atoms with Crippen LogP contribution in [0.15, 0.2) is 41.3 Å². The third kappa shape index (κ3) is 5.72. The molecule has 4 atom stereocenters. The number of benzene rings is 1. The van der Waals surface area contributed by atoms with E-state index in [0.717, 1.165) is 10.1 Å². The second-order valence-corrected chi connectivity index (χ2v) is 7.20. The first kappa shape index (κ1) is 23.4. The summed E-state index contributed by atoms with van der Waals surface area (Å²) in [6.45, 7) is 2.53. The van der Waals surface area contributed by atoms with E-state index in [4.69, 9.17) is 20.6 Å². The highest BCUT2D eigenvalue weighted by Crippen LogP contribution is 2.28. The molecule has 0 aliphatic carbocycles. The molecule has 3 rings (SSSR count). The van der Waals surface area contributed by atoms with Crippen LogP contribution in [0.2, 0.25) is 0 Å². The van der Waals surface area contributed by atoms with Crippen molar-refractivity contribution in [3.8, 4) is 12.3 Å². The lowest BCUT2D eigenvalue weighted by Crippen LogP contribution is -2.36. The zero-order valence-electron chi connectivity index (χ0n) is 17.5. The Morgan fingerprint density at radius 2 is 2.03 bits per heavy atom. The van der Waals surface area contributed by atoms with E-state index in [2.05, 4.69) is 16.2 Å². The molecule has 3 N–H and O–H groups in total. The summed E-state index contributed by atoms with van der Waals surface area (Å²) in [6.07, 6.45) is 2.03. The molecule has 1 aromatic heterocycles. The molecule has 1 aliphatic heterocycles. The van der Waals surface area contributed by atoms with Gasteiger partial charge in [0, 0.05) is 12.6 Å². The van der Waals surface area contributed by atoms with Crippen LogP contribution in [-0.4, -0.2) is 57.4 Å². The number of nitrogens with zero attached hydrogens (tertiary/aromatic N) is 2. The second-order valence-electron chi connectivity index (χ2n) is 7.20. The first-order valence-corrected chi connectivity index (χ1v) is 10.1. The molecule has 32 heavy (non-hydrogen) atoms. The Kier molecular flexibility index (Phi) is 7.97. The van der Waals surface area contributed by atoms with Crippen LogP contribution in [0, 0.1) is 12.3 Å². The number of aromatic nitrogens is 2. The molecule has 1 amide bonds. The molecule has 170 valence electrons. The van der Waals surface area contributed by atoms with Crippen molar-refractivity contribution in [2.45, 2.75) is 44.5 Å². The molecule has 0 radical (unpaired) electrons. The largest absolute Gasteiger partial charge is 0.449 e. The lowest BCUT2D eigenvalue weighted by molar-refractivity contribution is -0.0350. The minimum Gasteiger partial charge on any atom is -0.449 e. The van der Waals surface area contributed by atoms with Gasteiger partial charge in [-0.15, -0.1) is 6.42 Å². The monoisotopic (exact) mass is 443 g/mol. The Balaban J connectivity index is 1.51. The van der Waals surface area contributed by atoms with Crippen molar-refractivity contribution in [1.29, 1.82) is 0 Å². The molecule has 1 saturated heterocycles. The van der Waals surface area contributed by atoms with E-state index in [1.165, 1.54) is 6.20 Å². The van der Waals surface area contributed by atoms with Gasteiger partial charge in [-0.2, -0.15) is 4.98 Å². The third-order valence-corrected chi connectivity index (χ3v) is 4.86. The molecule has 2 aromatic rings. The van der Waals surface area contributed by atoms with E-state index < -0.39 is 36.3 Å². The van der Waals surface area contributed by atoms with E-state index >= 15 is 0 Å². The van der Waals surface area contributed by atoms with Gasteiger partial charge in [-0.25, -0.2) is 9.59 Å². The molecule has 2 heterocycles. The first-order chi connectivity index (χ1) is 15.4. The van der Waals surface area contributed by atoms with Crippen molar-refractivity contribution in [1.82, 2.24) is 9.55 Å². The van der Waals surface area contributed by atoms with Gasteiger partial charge >= 0.3 is 11.8 Å². The van der Waals surface area contributed by atoms with E-state index in [-0.39, 0.29) is 18.0 Å². The van der Waals surface area contributed by atoms with Crippen molar-refractivity contribution >= 4 is 11.9 Å². The van der Waals surface area contributed by atoms with Crippen LogP contribution in [0.25, 0.3) is 0 Å². The molecule has 0 saturated carbocycles. The molecule has 1 fully saturated rings. The zero-order chi connectivity index (χ0) is 23.1. The topological polar surface area (TPSA) is 132 Å². The summed E-state index contributed by atoms with van der Waals surface area (Å²) < 4.78 is 17.0. The van der Waals surface area contributed by atoms with E-state index in [1.807, 2.05) is 30.3 Å². The average Bonchev–Trinajstić information content (AvgIpc) is 3.04. The minimum atomic E-state index is -1.33. The number of amides is 1. The summed E-state index contributed by atoms with van der Waals surface area (Å²) in [6, 6.07) is 9.69. The van der Waals surface area contributed by atoms with Crippen molar-refractivity contribution in [2.24, 2.45) is 0 Å². The molecule has 0 bridgehead atoms. The van der Waals surface area contributed by atoms with Gasteiger partial charge in [-0.1, -0.05) is 36.3 Å². The van der Waals surface area contributed by atoms with Gasteiger partial charge in [-0.3, -0.25) is 9.88 Å². The average molecular weight is 443 g/mol. The molecular weight excluding hydrogens is 418 g/mol. The fourth-order valence-electron chi connectivity index (χ4n) is 3.13. The number of aliphatic hydroxyl groups excluding tert-OH is 2. The number of anilines is 1. The SMILES string of the molecule is C#Cc1cn([C@@H]2O[C@H](C)[C@@H](O)[C@H]2O)c(=O)nc1NC(=O)OCCCOCc1ccccc1. The van der Waals surface area contributed by atoms with Crippen molar-refractivity contribution < 1.29 is 29.2 Å². The molecule has 10 heteroatoms. The molecule has 1 aliphatic rings. The van der Waals surface area contributed by atoms with E-state index in [9.17, 15) is 19.8 Å². The lowest BCUT2D eigenvalue weighted by Gasteiger charge is -2.18. The second kappa shape index (κ2) is 10.9. The number of carbonyl (C=O) groups is 1. The highest BCUT2D eigenvalue weighted by molar-refractivity contribution is 5.84. The smallest absolute Gasteiger partial charge is 0.412 e. The summed E-state index contributed by atoms with van der Waals surface area (Å²) in [5.74, 6) is 2.16. The lowest BCUT2D eigenvalue weighted by atomic mass is 10.1. The number of terminal acetylenes is 1. The number of aliphatic hydroxyl groups is 2. The standard InChI is InChI=1S/C22H25N3O7/c1-3-16-12-25(20-18(27)17(26)14(2)32-20)21(28)23-19(16)24-22(29)31-11-7-10-30-13-15-8-5-4-6-9-15/h1,4-6,8-9,12,14,17-18,20,26-27H,7,10-11,13H2,2H3,(H,23,24,28,29)/t14-,17-,18-,20-/m1/s1. The summed E-state index contributed by atoms with van der Waals surface area (Å²) in [5.41, 5.74) is 0.310. The Morgan fingerprint density at radius 3 is 2.69 bits per heavy atom. The highest BCUT2D eigenvalue weighted by Gasteiger charge is 2.42. The number of nitrogens with one attached hydrogen (secondary N) is 1. The number of hydrogen-bond donors (Lipinski definition) is 3. The van der Waals surface area contributed by atoms with Gasteiger partial charge in [0.15, 0.2) is 12.0 Å². The number of carbonyl (C=O) groups excluding carboxylic acids is 1. The van der Waals surface area contributed by atoms with Crippen molar-refractivity contribution in [2.75, 3.05) is 18.5 Å². The van der Waals surface area contributed by atoms with Crippen LogP contribution in [0.1, 0.15) is 30.7 Å². The van der Waals surface area contributed by atoms with E-state index in [0.29, 0.717) is 19.6 Å². The maximum atomic E-state index is 12.4. The van der Waals surface area contributed by atoms with Crippen molar-refractivity contribution in [3.63, 3.8) is 0 Å². The minimum absolute atomic E-state index is 0.0811. The normalized spacial score (nSPS) is 22.3. The summed E-state index contributed by atoms with van der Waals surface area (Å²) >= 11 is 0. The van der Waals surface area contributed by atoms with Gasteiger partial charge in [0.05, 0.1) is 31.5 Å². The van der Waals surface area contributed by atoms with Crippen LogP contribution in [0.3, 0.4) is 0 Å². The summed E-state index contributed by atoms with van der Waals surface area (Å²) in [7, 11) is 0. The Hall–Kier alpha value is -3.23. The maximum Gasteiger partial charge on any atom is 0.412 e. The fourth-order valence-corrected chi connectivity index (χ4v) is 3.13. The van der Waals surface area contributed by atoms with Crippen LogP contribution >= 0.6 is 0 Å². The Morgan fingerprint density at radius 1 is 1.28 bits per heavy atom. The van der Waals surface area contributed by atoms with Crippen LogP contribution in [0.4, 0.5) is 10.6 Å². The first-order valence-electron chi connectivity index (χ1n) is 10.1. The summed E-state index contributed by atoms with van der Waals surface area (Å²) in [4.78, 5) is 28.2. The fraction of sp³-hybridized carbons (Fsp3) is 0.409. The summed E-state index contributed by atoms with van der Waals surface area (Å²) in [5, 5.41) is 22.3. The predicted molar refractivity (Wildman–Crippen MR) is 114 cm³/mol. The molecule has 0 unspecified atom stereocenters. The van der Waals surface area contributed by atoms with Crippen LogP contribution < -0.4 is 11.0 Å². The molecule has 0 spiro atoms. The van der Waals surface area contributed by atoms with E-state index in [1.54, 1.807) is 6.92 Å². The third-order valence-electron chi connectivity index (χ3n) is 4.86. The molecule has 10 nitrogen and oxygen atoms in total.